The van der Waals surface area contributed by atoms with Crippen molar-refractivity contribution in [2.45, 2.75) is 18.9 Å². The van der Waals surface area contributed by atoms with E-state index in [1.807, 2.05) is 6.07 Å². The maximum absolute atomic E-state index is 11.3. The van der Waals surface area contributed by atoms with Gasteiger partial charge in [-0.3, -0.25) is 4.79 Å². The lowest BCUT2D eigenvalue weighted by atomic mass is 10.2. The minimum Gasteiger partial charge on any atom is -0.378 e. The maximum atomic E-state index is 11.3. The Kier molecular flexibility index (Phi) is 4.97. The van der Waals surface area contributed by atoms with E-state index in [-0.39, 0.29) is 11.9 Å². The van der Waals surface area contributed by atoms with Gasteiger partial charge in [-0.25, -0.2) is 0 Å². The third-order valence-electron chi connectivity index (χ3n) is 1.99. The predicted octanol–water partition coefficient (Wildman–Crippen LogP) is -0.605. The number of nitrogens with zero attached hydrogens (tertiary/aromatic N) is 1. The first-order valence-corrected chi connectivity index (χ1v) is 4.77. The number of hydrogen-bond acceptors (Lipinski definition) is 4. The molecule has 0 radical (unpaired) electrons. The molecule has 0 bridgehead atoms. The molecular formula is C9H15N3O2. The Hall–Kier alpha value is -1.12. The first-order chi connectivity index (χ1) is 6.83. The van der Waals surface area contributed by atoms with Crippen LogP contribution in [0.15, 0.2) is 0 Å². The second-order valence-corrected chi connectivity index (χ2v) is 3.19. The van der Waals surface area contributed by atoms with Crippen molar-refractivity contribution in [3.8, 4) is 6.07 Å². The lowest BCUT2D eigenvalue weighted by Gasteiger charge is -2.23. The molecule has 0 aromatic rings. The van der Waals surface area contributed by atoms with Crippen LogP contribution in [0.5, 0.6) is 0 Å². The number of rotatable bonds is 4. The Morgan fingerprint density at radius 3 is 3.21 bits per heavy atom. The summed E-state index contributed by atoms with van der Waals surface area (Å²) in [6.45, 7) is 2.54. The lowest BCUT2D eigenvalue weighted by Crippen LogP contribution is -2.44. The highest BCUT2D eigenvalue weighted by molar-refractivity contribution is 5.76. The Morgan fingerprint density at radius 2 is 2.57 bits per heavy atom. The van der Waals surface area contributed by atoms with Gasteiger partial charge < -0.3 is 15.4 Å². The SMILES string of the molecule is N#CCCNC(=O)CC1COCCN1. The van der Waals surface area contributed by atoms with E-state index in [9.17, 15) is 4.79 Å². The monoisotopic (exact) mass is 197 g/mol. The number of morpholine rings is 1. The zero-order valence-corrected chi connectivity index (χ0v) is 8.08. The minimum absolute atomic E-state index is 0.0248. The molecule has 0 aliphatic carbocycles. The predicted molar refractivity (Wildman–Crippen MR) is 50.5 cm³/mol. The summed E-state index contributed by atoms with van der Waals surface area (Å²) in [5.74, 6) is -0.0248. The molecule has 0 saturated carbocycles. The fourth-order valence-corrected chi connectivity index (χ4v) is 1.30. The summed E-state index contributed by atoms with van der Waals surface area (Å²) >= 11 is 0. The van der Waals surface area contributed by atoms with Crippen LogP contribution in [0.1, 0.15) is 12.8 Å². The first-order valence-electron chi connectivity index (χ1n) is 4.77. The molecule has 14 heavy (non-hydrogen) atoms. The van der Waals surface area contributed by atoms with Gasteiger partial charge in [0.05, 0.1) is 25.7 Å². The van der Waals surface area contributed by atoms with Gasteiger partial charge in [0.15, 0.2) is 0 Å². The van der Waals surface area contributed by atoms with Crippen molar-refractivity contribution in [3.05, 3.63) is 0 Å². The molecule has 78 valence electrons. The van der Waals surface area contributed by atoms with E-state index < -0.39 is 0 Å². The second kappa shape index (κ2) is 6.35. The molecule has 0 aromatic heterocycles. The smallest absolute Gasteiger partial charge is 0.221 e. The van der Waals surface area contributed by atoms with E-state index in [2.05, 4.69) is 10.6 Å². The summed E-state index contributed by atoms with van der Waals surface area (Å²) in [6, 6.07) is 2.09. The molecule has 1 heterocycles. The average molecular weight is 197 g/mol. The normalized spacial score (nSPS) is 21.2. The number of nitriles is 1. The third-order valence-corrected chi connectivity index (χ3v) is 1.99. The van der Waals surface area contributed by atoms with Gasteiger partial charge >= 0.3 is 0 Å². The minimum atomic E-state index is -0.0248. The lowest BCUT2D eigenvalue weighted by molar-refractivity contribution is -0.122. The molecular weight excluding hydrogens is 182 g/mol. The second-order valence-electron chi connectivity index (χ2n) is 3.19. The topological polar surface area (TPSA) is 74.2 Å². The van der Waals surface area contributed by atoms with Gasteiger partial charge in [0.1, 0.15) is 0 Å². The molecule has 5 nitrogen and oxygen atoms in total. The number of carbonyl (C=O) groups is 1. The van der Waals surface area contributed by atoms with Crippen molar-refractivity contribution in [1.29, 1.82) is 5.26 Å². The summed E-state index contributed by atoms with van der Waals surface area (Å²) in [6.07, 6.45) is 0.783. The quantitative estimate of drug-likeness (QED) is 0.590. The van der Waals surface area contributed by atoms with Crippen molar-refractivity contribution in [2.24, 2.45) is 0 Å². The molecule has 1 rings (SSSR count). The van der Waals surface area contributed by atoms with Gasteiger partial charge in [-0.05, 0) is 0 Å². The van der Waals surface area contributed by atoms with E-state index in [1.54, 1.807) is 0 Å². The van der Waals surface area contributed by atoms with E-state index in [0.717, 1.165) is 6.54 Å². The number of hydrogen-bond donors (Lipinski definition) is 2. The molecule has 1 aliphatic heterocycles. The molecule has 1 unspecified atom stereocenters. The molecule has 1 saturated heterocycles. The highest BCUT2D eigenvalue weighted by atomic mass is 16.5. The van der Waals surface area contributed by atoms with E-state index in [0.29, 0.717) is 32.6 Å². The van der Waals surface area contributed by atoms with Gasteiger partial charge in [0.25, 0.3) is 0 Å². The molecule has 2 N–H and O–H groups in total. The molecule has 1 atom stereocenters. The Bertz CT molecular complexity index is 219. The van der Waals surface area contributed by atoms with Crippen molar-refractivity contribution in [2.75, 3.05) is 26.3 Å². The Morgan fingerprint density at radius 1 is 1.71 bits per heavy atom. The largest absolute Gasteiger partial charge is 0.378 e. The fraction of sp³-hybridized carbons (Fsp3) is 0.778. The van der Waals surface area contributed by atoms with Crippen molar-refractivity contribution >= 4 is 5.91 Å². The summed E-state index contributed by atoms with van der Waals surface area (Å²) < 4.78 is 5.21. The van der Waals surface area contributed by atoms with Gasteiger partial charge in [-0.15, -0.1) is 0 Å². The van der Waals surface area contributed by atoms with Crippen LogP contribution in [0.3, 0.4) is 0 Å². The standard InChI is InChI=1S/C9H15N3O2/c10-2-1-3-12-9(13)6-8-7-14-5-4-11-8/h8,11H,1,3-7H2,(H,12,13). The van der Waals surface area contributed by atoms with Gasteiger partial charge in [0, 0.05) is 25.6 Å². The summed E-state index contributed by atoms with van der Waals surface area (Å²) in [7, 11) is 0. The van der Waals surface area contributed by atoms with E-state index in [1.165, 1.54) is 0 Å². The Balaban J connectivity index is 2.10. The molecule has 1 fully saturated rings. The third kappa shape index (κ3) is 4.21. The number of amides is 1. The van der Waals surface area contributed by atoms with Crippen LogP contribution >= 0.6 is 0 Å². The molecule has 0 aromatic carbocycles. The van der Waals surface area contributed by atoms with Crippen LogP contribution < -0.4 is 10.6 Å². The van der Waals surface area contributed by atoms with Crippen LogP contribution in [0, 0.1) is 11.3 Å². The molecule has 1 amide bonds. The summed E-state index contributed by atoms with van der Waals surface area (Å²) in [4.78, 5) is 11.3. The highest BCUT2D eigenvalue weighted by Gasteiger charge is 2.16. The van der Waals surface area contributed by atoms with E-state index >= 15 is 0 Å². The molecule has 5 heteroatoms. The van der Waals surface area contributed by atoms with Crippen LogP contribution in [-0.4, -0.2) is 38.3 Å². The molecule has 0 spiro atoms. The summed E-state index contributed by atoms with van der Waals surface area (Å²) in [5.41, 5.74) is 0. The molecule has 1 aliphatic rings. The van der Waals surface area contributed by atoms with Crippen LogP contribution in [0.2, 0.25) is 0 Å². The number of ether oxygens (including phenoxy) is 1. The summed E-state index contributed by atoms with van der Waals surface area (Å²) in [5, 5.41) is 14.1. The van der Waals surface area contributed by atoms with Gasteiger partial charge in [-0.2, -0.15) is 5.26 Å². The van der Waals surface area contributed by atoms with Crippen molar-refractivity contribution < 1.29 is 9.53 Å². The maximum Gasteiger partial charge on any atom is 0.221 e. The van der Waals surface area contributed by atoms with Crippen LogP contribution in [0.4, 0.5) is 0 Å². The van der Waals surface area contributed by atoms with Gasteiger partial charge in [-0.1, -0.05) is 0 Å². The zero-order valence-electron chi connectivity index (χ0n) is 8.08. The fourth-order valence-electron chi connectivity index (χ4n) is 1.30. The van der Waals surface area contributed by atoms with Gasteiger partial charge in [0.2, 0.25) is 5.91 Å². The first kappa shape index (κ1) is 11.0. The van der Waals surface area contributed by atoms with E-state index in [4.69, 9.17) is 10.00 Å². The van der Waals surface area contributed by atoms with Crippen LogP contribution in [0.25, 0.3) is 0 Å². The average Bonchev–Trinajstić information content (AvgIpc) is 2.20. The zero-order chi connectivity index (χ0) is 10.2. The van der Waals surface area contributed by atoms with Crippen molar-refractivity contribution in [1.82, 2.24) is 10.6 Å². The highest BCUT2D eigenvalue weighted by Crippen LogP contribution is 1.97. The number of carbonyl (C=O) groups excluding carboxylic acids is 1. The number of nitrogens with one attached hydrogen (secondary N) is 2. The van der Waals surface area contributed by atoms with Crippen molar-refractivity contribution in [3.63, 3.8) is 0 Å². The Labute approximate surface area is 83.4 Å². The van der Waals surface area contributed by atoms with Crippen LogP contribution in [-0.2, 0) is 9.53 Å².